The van der Waals surface area contributed by atoms with Crippen molar-refractivity contribution in [2.45, 2.75) is 0 Å². The number of hydrogen-bond acceptors (Lipinski definition) is 2. The Morgan fingerprint density at radius 2 is 0.891 bits per heavy atom. The molecule has 218 valence electrons. The fourth-order valence-corrected chi connectivity index (χ4v) is 6.89. The van der Waals surface area contributed by atoms with Crippen molar-refractivity contribution in [1.82, 2.24) is 4.98 Å². The van der Waals surface area contributed by atoms with Crippen LogP contribution in [0.4, 0.5) is 0 Å². The summed E-state index contributed by atoms with van der Waals surface area (Å²) in [4.78, 5) is 5.02. The van der Waals surface area contributed by atoms with E-state index in [9.17, 15) is 0 Å². The minimum absolute atomic E-state index is 0.744. The van der Waals surface area contributed by atoms with Crippen molar-refractivity contribution >= 4 is 21.5 Å². The Morgan fingerprint density at radius 3 is 1.46 bits per heavy atom. The molecule has 0 spiro atoms. The van der Waals surface area contributed by atoms with Crippen LogP contribution in [-0.2, 0) is 0 Å². The summed E-state index contributed by atoms with van der Waals surface area (Å²) in [6.45, 7) is 0. The Kier molecular flexibility index (Phi) is 7.09. The third-order valence-corrected chi connectivity index (χ3v) is 8.80. The largest absolute Gasteiger partial charge is 0.494 e. The Labute approximate surface area is 269 Å². The number of nitrogens with zero attached hydrogens (tertiary/aromatic N) is 1. The lowest BCUT2D eigenvalue weighted by molar-refractivity contribution is 0.415. The SMILES string of the molecule is COc1cccnc1-c1c2ccccc2cc2c(-c3ccccc3)c(-c3ccccc3)c(-c3ccccc3)c(-c3ccccc3)c12. The molecule has 0 N–H and O–H groups in total. The monoisotopic (exact) mass is 589 g/mol. The van der Waals surface area contributed by atoms with E-state index in [1.54, 1.807) is 7.11 Å². The van der Waals surface area contributed by atoms with E-state index in [2.05, 4.69) is 152 Å². The van der Waals surface area contributed by atoms with Gasteiger partial charge in [0.2, 0.25) is 0 Å². The topological polar surface area (TPSA) is 22.1 Å². The second kappa shape index (κ2) is 11.8. The molecular formula is C44H31NO. The normalized spacial score (nSPS) is 11.2. The molecule has 0 aliphatic rings. The molecule has 8 aromatic rings. The zero-order chi connectivity index (χ0) is 30.9. The molecule has 0 aliphatic heterocycles. The maximum absolute atomic E-state index is 6.00. The van der Waals surface area contributed by atoms with Crippen molar-refractivity contribution in [1.29, 1.82) is 0 Å². The van der Waals surface area contributed by atoms with E-state index in [-0.39, 0.29) is 0 Å². The van der Waals surface area contributed by atoms with Gasteiger partial charge in [0.1, 0.15) is 11.4 Å². The molecule has 0 aliphatic carbocycles. The molecule has 46 heavy (non-hydrogen) atoms. The lowest BCUT2D eigenvalue weighted by Gasteiger charge is -2.26. The zero-order valence-electron chi connectivity index (χ0n) is 25.5. The van der Waals surface area contributed by atoms with E-state index in [4.69, 9.17) is 9.72 Å². The van der Waals surface area contributed by atoms with Gasteiger partial charge in [-0.25, -0.2) is 0 Å². The maximum Gasteiger partial charge on any atom is 0.145 e. The van der Waals surface area contributed by atoms with Crippen LogP contribution in [0.2, 0.25) is 0 Å². The Hall–Kier alpha value is -5.99. The van der Waals surface area contributed by atoms with Crippen LogP contribution in [0.3, 0.4) is 0 Å². The molecule has 0 unspecified atom stereocenters. The summed E-state index contributed by atoms with van der Waals surface area (Å²) in [6.07, 6.45) is 1.86. The summed E-state index contributed by atoms with van der Waals surface area (Å²) < 4.78 is 6.00. The standard InChI is InChI=1S/C44H31NO/c1-46-37-27-16-28-45-44(37)43-35-26-15-14-25-34(35)29-36-38(30-17-6-2-7-18-30)39(31-19-8-3-9-20-31)40(32-21-10-4-11-22-32)41(42(36)43)33-23-12-5-13-24-33/h2-29H,1H3. The van der Waals surface area contributed by atoms with E-state index >= 15 is 0 Å². The van der Waals surface area contributed by atoms with Crippen molar-refractivity contribution in [3.63, 3.8) is 0 Å². The Balaban J connectivity index is 1.74. The van der Waals surface area contributed by atoms with Crippen molar-refractivity contribution in [2.75, 3.05) is 7.11 Å². The molecular weight excluding hydrogens is 558 g/mol. The highest BCUT2D eigenvalue weighted by Crippen LogP contribution is 2.54. The number of benzene rings is 7. The van der Waals surface area contributed by atoms with Gasteiger partial charge < -0.3 is 4.74 Å². The lowest BCUT2D eigenvalue weighted by atomic mass is 9.76. The van der Waals surface area contributed by atoms with Crippen molar-refractivity contribution in [3.8, 4) is 61.5 Å². The molecule has 0 radical (unpaired) electrons. The molecule has 7 aromatic carbocycles. The van der Waals surface area contributed by atoms with Crippen LogP contribution in [0.1, 0.15) is 0 Å². The first-order valence-electron chi connectivity index (χ1n) is 15.6. The first-order chi connectivity index (χ1) is 22.8. The highest BCUT2D eigenvalue weighted by atomic mass is 16.5. The van der Waals surface area contributed by atoms with E-state index in [0.29, 0.717) is 0 Å². The molecule has 2 nitrogen and oxygen atoms in total. The highest BCUT2D eigenvalue weighted by Gasteiger charge is 2.28. The van der Waals surface area contributed by atoms with Gasteiger partial charge in [0.25, 0.3) is 0 Å². The number of hydrogen-bond donors (Lipinski definition) is 0. The summed E-state index contributed by atoms with van der Waals surface area (Å²) in [5, 5.41) is 4.61. The number of ether oxygens (including phenoxy) is 1. The van der Waals surface area contributed by atoms with Gasteiger partial charge in [-0.2, -0.15) is 0 Å². The molecule has 0 fully saturated rings. The number of pyridine rings is 1. The van der Waals surface area contributed by atoms with Gasteiger partial charge in [0.15, 0.2) is 0 Å². The summed E-state index contributed by atoms with van der Waals surface area (Å²) in [6, 6.07) is 58.2. The van der Waals surface area contributed by atoms with Crippen LogP contribution in [-0.4, -0.2) is 12.1 Å². The third kappa shape index (κ3) is 4.63. The molecule has 1 heterocycles. The van der Waals surface area contributed by atoms with Crippen LogP contribution in [0.25, 0.3) is 77.3 Å². The number of rotatable bonds is 6. The van der Waals surface area contributed by atoms with E-state index in [0.717, 1.165) is 49.9 Å². The van der Waals surface area contributed by atoms with Gasteiger partial charge in [-0.05, 0) is 78.9 Å². The van der Waals surface area contributed by atoms with Gasteiger partial charge in [0.05, 0.1) is 7.11 Å². The number of aromatic nitrogens is 1. The first-order valence-corrected chi connectivity index (χ1v) is 15.6. The fourth-order valence-electron chi connectivity index (χ4n) is 6.89. The van der Waals surface area contributed by atoms with E-state index in [1.807, 2.05) is 18.3 Å². The minimum Gasteiger partial charge on any atom is -0.494 e. The smallest absolute Gasteiger partial charge is 0.145 e. The summed E-state index contributed by atoms with van der Waals surface area (Å²) >= 11 is 0. The fraction of sp³-hybridized carbons (Fsp3) is 0.0227. The minimum atomic E-state index is 0.744. The van der Waals surface area contributed by atoms with Crippen LogP contribution in [0.15, 0.2) is 170 Å². The van der Waals surface area contributed by atoms with Gasteiger partial charge in [-0.3, -0.25) is 4.98 Å². The third-order valence-electron chi connectivity index (χ3n) is 8.80. The second-order valence-electron chi connectivity index (χ2n) is 11.4. The van der Waals surface area contributed by atoms with Gasteiger partial charge >= 0.3 is 0 Å². The van der Waals surface area contributed by atoms with E-state index in [1.165, 1.54) is 33.2 Å². The highest BCUT2D eigenvalue weighted by molar-refractivity contribution is 6.26. The molecule has 0 bridgehead atoms. The first kappa shape index (κ1) is 27.6. The molecule has 0 saturated heterocycles. The quantitative estimate of drug-likeness (QED) is 0.180. The predicted molar refractivity (Wildman–Crippen MR) is 193 cm³/mol. The maximum atomic E-state index is 6.00. The zero-order valence-corrected chi connectivity index (χ0v) is 25.5. The Morgan fingerprint density at radius 1 is 0.413 bits per heavy atom. The van der Waals surface area contributed by atoms with Gasteiger partial charge in [0, 0.05) is 17.1 Å². The second-order valence-corrected chi connectivity index (χ2v) is 11.4. The van der Waals surface area contributed by atoms with Crippen LogP contribution < -0.4 is 4.74 Å². The average Bonchev–Trinajstić information content (AvgIpc) is 3.14. The lowest BCUT2D eigenvalue weighted by Crippen LogP contribution is -2.00. The van der Waals surface area contributed by atoms with Crippen LogP contribution >= 0.6 is 0 Å². The predicted octanol–water partition coefficient (Wildman–Crippen LogP) is 11.7. The van der Waals surface area contributed by atoms with Crippen molar-refractivity contribution in [3.05, 3.63) is 170 Å². The molecule has 1 aromatic heterocycles. The van der Waals surface area contributed by atoms with Gasteiger partial charge in [-0.1, -0.05) is 146 Å². The van der Waals surface area contributed by atoms with Crippen LogP contribution in [0.5, 0.6) is 5.75 Å². The van der Waals surface area contributed by atoms with E-state index < -0.39 is 0 Å². The number of fused-ring (bicyclic) bond motifs is 2. The molecule has 0 saturated carbocycles. The van der Waals surface area contributed by atoms with Gasteiger partial charge in [-0.15, -0.1) is 0 Å². The summed E-state index contributed by atoms with van der Waals surface area (Å²) in [7, 11) is 1.73. The molecule has 0 amide bonds. The molecule has 2 heteroatoms. The van der Waals surface area contributed by atoms with Crippen molar-refractivity contribution in [2.24, 2.45) is 0 Å². The number of methoxy groups -OCH3 is 1. The summed E-state index contributed by atoms with van der Waals surface area (Å²) in [5.74, 6) is 0.744. The Bertz CT molecular complexity index is 2310. The molecule has 0 atom stereocenters. The summed E-state index contributed by atoms with van der Waals surface area (Å²) in [5.41, 5.74) is 11.3. The average molecular weight is 590 g/mol. The van der Waals surface area contributed by atoms with Crippen molar-refractivity contribution < 1.29 is 4.74 Å². The van der Waals surface area contributed by atoms with Crippen LogP contribution in [0, 0.1) is 0 Å². The molecule has 8 rings (SSSR count).